The summed E-state index contributed by atoms with van der Waals surface area (Å²) in [5.41, 5.74) is 0.750. The lowest BCUT2D eigenvalue weighted by Crippen LogP contribution is -2.06. The van der Waals surface area contributed by atoms with Crippen molar-refractivity contribution in [3.05, 3.63) is 63.6 Å². The number of aryl methyl sites for hydroxylation is 1. The molecule has 0 N–H and O–H groups in total. The molecule has 106 valence electrons. The van der Waals surface area contributed by atoms with Crippen LogP contribution in [0.25, 0.3) is 0 Å². The van der Waals surface area contributed by atoms with E-state index in [0.717, 1.165) is 22.2 Å². The van der Waals surface area contributed by atoms with E-state index in [9.17, 15) is 13.2 Å². The highest BCUT2D eigenvalue weighted by Gasteiger charge is 2.30. The molecule has 0 radical (unpaired) electrons. The largest absolute Gasteiger partial charge is 0.489 e. The van der Waals surface area contributed by atoms with Crippen LogP contribution >= 0.6 is 15.9 Å². The van der Waals surface area contributed by atoms with Gasteiger partial charge in [-0.1, -0.05) is 28.1 Å². The van der Waals surface area contributed by atoms with Crippen LogP contribution in [0.1, 0.15) is 16.7 Å². The number of halogens is 4. The fourth-order valence-corrected chi connectivity index (χ4v) is 2.25. The van der Waals surface area contributed by atoms with Crippen molar-refractivity contribution in [1.82, 2.24) is 0 Å². The van der Waals surface area contributed by atoms with Gasteiger partial charge in [0.05, 0.1) is 5.56 Å². The molecule has 2 aromatic rings. The number of alkyl halides is 3. The van der Waals surface area contributed by atoms with Gasteiger partial charge in [-0.3, -0.25) is 0 Å². The minimum Gasteiger partial charge on any atom is -0.489 e. The third-order valence-corrected chi connectivity index (χ3v) is 3.28. The van der Waals surface area contributed by atoms with Crippen molar-refractivity contribution in [3.8, 4) is 5.75 Å². The highest BCUT2D eigenvalue weighted by molar-refractivity contribution is 9.10. The smallest absolute Gasteiger partial charge is 0.416 e. The third kappa shape index (κ3) is 3.76. The van der Waals surface area contributed by atoms with Crippen LogP contribution in [0.15, 0.2) is 46.9 Å². The van der Waals surface area contributed by atoms with Gasteiger partial charge in [0, 0.05) is 4.47 Å². The van der Waals surface area contributed by atoms with Gasteiger partial charge in [-0.05, 0) is 48.4 Å². The Labute approximate surface area is 123 Å². The Bertz CT molecular complexity index is 608. The molecule has 2 aromatic carbocycles. The monoisotopic (exact) mass is 344 g/mol. The highest BCUT2D eigenvalue weighted by Crippen LogP contribution is 2.30. The van der Waals surface area contributed by atoms with E-state index in [4.69, 9.17) is 4.74 Å². The predicted molar refractivity (Wildman–Crippen MR) is 74.7 cm³/mol. The first kappa shape index (κ1) is 14.9. The number of hydrogen-bond acceptors (Lipinski definition) is 1. The van der Waals surface area contributed by atoms with Crippen molar-refractivity contribution >= 4 is 15.9 Å². The molecule has 0 aromatic heterocycles. The summed E-state index contributed by atoms with van der Waals surface area (Å²) < 4.78 is 44.3. The first-order valence-corrected chi connectivity index (χ1v) is 6.70. The summed E-state index contributed by atoms with van der Waals surface area (Å²) in [6.07, 6.45) is -4.33. The molecular weight excluding hydrogens is 333 g/mol. The average Bonchev–Trinajstić information content (AvgIpc) is 2.37. The van der Waals surface area contributed by atoms with Crippen LogP contribution in [0.3, 0.4) is 0 Å². The van der Waals surface area contributed by atoms with Crippen molar-refractivity contribution in [2.24, 2.45) is 0 Å². The van der Waals surface area contributed by atoms with Gasteiger partial charge in [0.15, 0.2) is 0 Å². The Kier molecular flexibility index (Phi) is 4.38. The van der Waals surface area contributed by atoms with Gasteiger partial charge in [0.1, 0.15) is 12.4 Å². The second kappa shape index (κ2) is 5.87. The lowest BCUT2D eigenvalue weighted by Gasteiger charge is -2.11. The van der Waals surface area contributed by atoms with Gasteiger partial charge in [0.25, 0.3) is 0 Å². The molecule has 2 rings (SSSR count). The average molecular weight is 345 g/mol. The molecule has 0 unspecified atom stereocenters. The van der Waals surface area contributed by atoms with Gasteiger partial charge in [-0.25, -0.2) is 0 Å². The molecule has 1 nitrogen and oxygen atoms in total. The lowest BCUT2D eigenvalue weighted by molar-refractivity contribution is -0.137. The fraction of sp³-hybridized carbons (Fsp3) is 0.200. The van der Waals surface area contributed by atoms with Crippen LogP contribution in [-0.2, 0) is 12.8 Å². The van der Waals surface area contributed by atoms with Crippen molar-refractivity contribution in [2.45, 2.75) is 19.7 Å². The number of ether oxygens (including phenoxy) is 1. The molecule has 0 heterocycles. The van der Waals surface area contributed by atoms with Gasteiger partial charge < -0.3 is 4.74 Å². The fourth-order valence-electron chi connectivity index (χ4n) is 1.77. The molecule has 0 bridgehead atoms. The molecule has 0 atom stereocenters. The molecule has 0 fully saturated rings. The maximum absolute atomic E-state index is 12.6. The summed E-state index contributed by atoms with van der Waals surface area (Å²) in [6.45, 7) is 1.98. The molecule has 0 spiro atoms. The Morgan fingerprint density at radius 2 is 1.85 bits per heavy atom. The van der Waals surface area contributed by atoms with Crippen molar-refractivity contribution in [3.63, 3.8) is 0 Å². The van der Waals surface area contributed by atoms with Gasteiger partial charge in [-0.15, -0.1) is 0 Å². The third-order valence-electron chi connectivity index (χ3n) is 2.79. The van der Waals surface area contributed by atoms with E-state index in [1.165, 1.54) is 6.07 Å². The molecule has 0 aliphatic carbocycles. The maximum atomic E-state index is 12.6. The summed E-state index contributed by atoms with van der Waals surface area (Å²) >= 11 is 3.34. The topological polar surface area (TPSA) is 9.23 Å². The Morgan fingerprint density at radius 1 is 1.10 bits per heavy atom. The van der Waals surface area contributed by atoms with Crippen molar-refractivity contribution in [2.75, 3.05) is 0 Å². The lowest BCUT2D eigenvalue weighted by atomic mass is 10.1. The molecule has 0 amide bonds. The second-order valence-corrected chi connectivity index (χ2v) is 5.31. The number of rotatable bonds is 3. The van der Waals surface area contributed by atoms with E-state index >= 15 is 0 Å². The SMILES string of the molecule is Cc1cc(Br)ccc1OCc1cccc(C(F)(F)F)c1. The van der Waals surface area contributed by atoms with Crippen molar-refractivity contribution in [1.29, 1.82) is 0 Å². The zero-order valence-corrected chi connectivity index (χ0v) is 12.3. The molecule has 0 aliphatic rings. The Morgan fingerprint density at radius 3 is 2.50 bits per heavy atom. The molecule has 0 saturated heterocycles. The van der Waals surface area contributed by atoms with E-state index in [0.29, 0.717) is 11.3 Å². The first-order chi connectivity index (χ1) is 9.36. The number of hydrogen-bond donors (Lipinski definition) is 0. The summed E-state index contributed by atoms with van der Waals surface area (Å²) in [5.74, 6) is 0.658. The quantitative estimate of drug-likeness (QED) is 0.728. The molecule has 5 heteroatoms. The molecular formula is C15H12BrF3O. The van der Waals surface area contributed by atoms with Crippen molar-refractivity contribution < 1.29 is 17.9 Å². The van der Waals surface area contributed by atoms with Crippen LogP contribution in [0.5, 0.6) is 5.75 Å². The zero-order chi connectivity index (χ0) is 14.8. The van der Waals surface area contributed by atoms with Gasteiger partial charge >= 0.3 is 6.18 Å². The second-order valence-electron chi connectivity index (χ2n) is 4.40. The minimum atomic E-state index is -4.33. The van der Waals surface area contributed by atoms with Crippen LogP contribution < -0.4 is 4.74 Å². The summed E-state index contributed by atoms with van der Waals surface area (Å²) in [6, 6.07) is 10.7. The minimum absolute atomic E-state index is 0.104. The Hall–Kier alpha value is -1.49. The summed E-state index contributed by atoms with van der Waals surface area (Å²) in [5, 5.41) is 0. The van der Waals surface area contributed by atoms with E-state index in [1.807, 2.05) is 19.1 Å². The highest BCUT2D eigenvalue weighted by atomic mass is 79.9. The van der Waals surface area contributed by atoms with Crippen LogP contribution in [0.2, 0.25) is 0 Å². The predicted octanol–water partition coefficient (Wildman–Crippen LogP) is 5.36. The van der Waals surface area contributed by atoms with Gasteiger partial charge in [0.2, 0.25) is 0 Å². The molecule has 0 saturated carbocycles. The van der Waals surface area contributed by atoms with Crippen LogP contribution in [-0.4, -0.2) is 0 Å². The van der Waals surface area contributed by atoms with Crippen LogP contribution in [0, 0.1) is 6.92 Å². The first-order valence-electron chi connectivity index (χ1n) is 5.91. The van der Waals surface area contributed by atoms with Crippen LogP contribution in [0.4, 0.5) is 13.2 Å². The normalized spacial score (nSPS) is 11.4. The standard InChI is InChI=1S/C15H12BrF3O/c1-10-7-13(16)5-6-14(10)20-9-11-3-2-4-12(8-11)15(17,18)19/h2-8H,9H2,1H3. The van der Waals surface area contributed by atoms with Gasteiger partial charge in [-0.2, -0.15) is 13.2 Å². The molecule has 0 aliphatic heterocycles. The van der Waals surface area contributed by atoms with E-state index in [-0.39, 0.29) is 6.61 Å². The van der Waals surface area contributed by atoms with E-state index in [1.54, 1.807) is 12.1 Å². The molecule has 20 heavy (non-hydrogen) atoms. The summed E-state index contributed by atoms with van der Waals surface area (Å²) in [4.78, 5) is 0. The zero-order valence-electron chi connectivity index (χ0n) is 10.7. The Balaban J connectivity index is 2.11. The number of benzene rings is 2. The van der Waals surface area contributed by atoms with E-state index in [2.05, 4.69) is 15.9 Å². The maximum Gasteiger partial charge on any atom is 0.416 e. The summed E-state index contributed by atoms with van der Waals surface area (Å²) in [7, 11) is 0. The van der Waals surface area contributed by atoms with E-state index < -0.39 is 11.7 Å².